The lowest BCUT2D eigenvalue weighted by Gasteiger charge is -2.10. The maximum atomic E-state index is 10.9. The van der Waals surface area contributed by atoms with Gasteiger partial charge in [-0.2, -0.15) is 0 Å². The summed E-state index contributed by atoms with van der Waals surface area (Å²) in [6.07, 6.45) is -0.234. The maximum Gasteiger partial charge on any atom is 0.396 e. The van der Waals surface area contributed by atoms with Gasteiger partial charge in [-0.3, -0.25) is 4.79 Å². The van der Waals surface area contributed by atoms with E-state index in [1.54, 1.807) is 20.9 Å². The lowest BCUT2D eigenvalue weighted by Crippen LogP contribution is -2.44. The minimum absolute atomic E-state index is 0.209. The smallest absolute Gasteiger partial charge is 0.396 e. The van der Waals surface area contributed by atoms with Crippen LogP contribution in [0.4, 0.5) is 0 Å². The fraction of sp³-hybridized carbons (Fsp3) is 0.714. The molecular weight excluding hydrogens is 160 g/mol. The number of carbonyl (C=O) groups is 2. The first-order chi connectivity index (χ1) is 5.61. The zero-order chi connectivity index (χ0) is 9.56. The normalized spacial score (nSPS) is 11.9. The molecular formula is C7H14N2O3. The number of amides is 1. The van der Waals surface area contributed by atoms with Gasteiger partial charge in [0.15, 0.2) is 0 Å². The quantitative estimate of drug-likeness (QED) is 0.335. The van der Waals surface area contributed by atoms with Crippen LogP contribution in [-0.2, 0) is 14.3 Å². The molecule has 12 heavy (non-hydrogen) atoms. The average molecular weight is 174 g/mol. The minimum atomic E-state index is -0.848. The molecule has 0 aliphatic carbocycles. The average Bonchev–Trinajstić information content (AvgIpc) is 2.04. The number of ether oxygens (including phenoxy) is 1. The van der Waals surface area contributed by atoms with E-state index < -0.39 is 11.9 Å². The van der Waals surface area contributed by atoms with Crippen LogP contribution < -0.4 is 10.6 Å². The summed E-state index contributed by atoms with van der Waals surface area (Å²) >= 11 is 0. The maximum absolute atomic E-state index is 10.9. The van der Waals surface area contributed by atoms with Crippen molar-refractivity contribution < 1.29 is 14.3 Å². The molecule has 0 aliphatic heterocycles. The Hall–Kier alpha value is -1.10. The fourth-order valence-corrected chi connectivity index (χ4v) is 0.524. The lowest BCUT2D eigenvalue weighted by molar-refractivity contribution is -0.154. The summed E-state index contributed by atoms with van der Waals surface area (Å²) in [4.78, 5) is 21.6. The van der Waals surface area contributed by atoms with Gasteiger partial charge in [0.25, 0.3) is 0 Å². The molecule has 0 aromatic carbocycles. The predicted octanol–water partition coefficient (Wildman–Crippen LogP) is -0.769. The lowest BCUT2D eigenvalue weighted by atomic mass is 10.5. The molecule has 1 unspecified atom stereocenters. The summed E-state index contributed by atoms with van der Waals surface area (Å²) in [5.74, 6) is -1.57. The van der Waals surface area contributed by atoms with E-state index in [1.165, 1.54) is 0 Å². The van der Waals surface area contributed by atoms with Gasteiger partial charge in [-0.05, 0) is 20.9 Å². The first-order valence-electron chi connectivity index (χ1n) is 3.76. The molecule has 0 heterocycles. The van der Waals surface area contributed by atoms with Gasteiger partial charge in [0.2, 0.25) is 0 Å². The van der Waals surface area contributed by atoms with Crippen LogP contribution in [0.15, 0.2) is 0 Å². The van der Waals surface area contributed by atoms with E-state index in [-0.39, 0.29) is 12.8 Å². The van der Waals surface area contributed by atoms with Gasteiger partial charge < -0.3 is 15.4 Å². The van der Waals surface area contributed by atoms with Crippen LogP contribution in [0, 0.1) is 0 Å². The molecule has 70 valence electrons. The van der Waals surface area contributed by atoms with Crippen molar-refractivity contribution in [3.63, 3.8) is 0 Å². The Labute approximate surface area is 71.5 Å². The third-order valence-electron chi connectivity index (χ3n) is 1.24. The molecule has 1 amide bonds. The van der Waals surface area contributed by atoms with E-state index in [2.05, 4.69) is 15.4 Å². The first-order valence-corrected chi connectivity index (χ1v) is 3.76. The molecule has 0 saturated carbocycles. The molecule has 5 heteroatoms. The Morgan fingerprint density at radius 2 is 2.08 bits per heavy atom. The molecule has 0 aromatic rings. The standard InChI is InChI=1S/C7H14N2O3/c1-4-12-7(11)6(10)9-5(2)8-3/h5,8H,4H2,1-3H3,(H,9,10). The van der Waals surface area contributed by atoms with E-state index in [0.29, 0.717) is 0 Å². The number of esters is 1. The highest BCUT2D eigenvalue weighted by molar-refractivity contribution is 6.32. The zero-order valence-electron chi connectivity index (χ0n) is 7.51. The summed E-state index contributed by atoms with van der Waals surface area (Å²) in [7, 11) is 1.68. The molecule has 0 saturated heterocycles. The van der Waals surface area contributed by atoms with E-state index in [1.807, 2.05) is 0 Å². The summed E-state index contributed by atoms with van der Waals surface area (Å²) in [6, 6.07) is 0. The number of nitrogens with one attached hydrogen (secondary N) is 2. The van der Waals surface area contributed by atoms with Crippen LogP contribution in [0.2, 0.25) is 0 Å². The highest BCUT2D eigenvalue weighted by Crippen LogP contribution is 1.80. The molecule has 0 radical (unpaired) electrons. The Kier molecular flexibility index (Phi) is 5.03. The van der Waals surface area contributed by atoms with E-state index in [0.717, 1.165) is 0 Å². The van der Waals surface area contributed by atoms with Crippen molar-refractivity contribution in [2.24, 2.45) is 0 Å². The number of rotatable bonds is 3. The molecule has 0 bridgehead atoms. The van der Waals surface area contributed by atoms with Crippen LogP contribution in [0.1, 0.15) is 13.8 Å². The van der Waals surface area contributed by atoms with Gasteiger partial charge in [0, 0.05) is 0 Å². The third-order valence-corrected chi connectivity index (χ3v) is 1.24. The number of hydrogen-bond acceptors (Lipinski definition) is 4. The van der Waals surface area contributed by atoms with E-state index in [4.69, 9.17) is 0 Å². The predicted molar refractivity (Wildman–Crippen MR) is 43.3 cm³/mol. The Balaban J connectivity index is 3.79. The summed E-state index contributed by atoms with van der Waals surface area (Å²) in [5, 5.41) is 5.14. The first kappa shape index (κ1) is 10.9. The molecule has 0 aromatic heterocycles. The van der Waals surface area contributed by atoms with Gasteiger partial charge in [-0.25, -0.2) is 4.79 Å². The van der Waals surface area contributed by atoms with Crippen LogP contribution in [0.5, 0.6) is 0 Å². The minimum Gasteiger partial charge on any atom is -0.459 e. The van der Waals surface area contributed by atoms with Gasteiger partial charge in [-0.15, -0.1) is 0 Å². The number of hydrogen-bond donors (Lipinski definition) is 2. The van der Waals surface area contributed by atoms with Crippen LogP contribution in [-0.4, -0.2) is 31.7 Å². The van der Waals surface area contributed by atoms with Gasteiger partial charge >= 0.3 is 11.9 Å². The second kappa shape index (κ2) is 5.54. The van der Waals surface area contributed by atoms with Crippen molar-refractivity contribution >= 4 is 11.9 Å². The molecule has 0 spiro atoms. The molecule has 1 atom stereocenters. The Morgan fingerprint density at radius 3 is 2.50 bits per heavy atom. The molecule has 0 rings (SSSR count). The van der Waals surface area contributed by atoms with Crippen molar-refractivity contribution in [3.05, 3.63) is 0 Å². The van der Waals surface area contributed by atoms with Gasteiger partial charge in [0.05, 0.1) is 12.8 Å². The second-order valence-corrected chi connectivity index (χ2v) is 2.20. The zero-order valence-corrected chi connectivity index (χ0v) is 7.51. The van der Waals surface area contributed by atoms with Crippen LogP contribution in [0.25, 0.3) is 0 Å². The summed E-state index contributed by atoms with van der Waals surface area (Å²) in [6.45, 7) is 3.57. The largest absolute Gasteiger partial charge is 0.459 e. The monoisotopic (exact) mass is 174 g/mol. The summed E-state index contributed by atoms with van der Waals surface area (Å²) < 4.78 is 4.47. The van der Waals surface area contributed by atoms with Crippen molar-refractivity contribution in [2.75, 3.05) is 13.7 Å². The van der Waals surface area contributed by atoms with Crippen molar-refractivity contribution in [3.8, 4) is 0 Å². The Bertz CT molecular complexity index is 170. The highest BCUT2D eigenvalue weighted by Gasteiger charge is 2.15. The fourth-order valence-electron chi connectivity index (χ4n) is 0.524. The number of carbonyl (C=O) groups excluding carboxylic acids is 2. The van der Waals surface area contributed by atoms with Crippen molar-refractivity contribution in [1.29, 1.82) is 0 Å². The SMILES string of the molecule is CCOC(=O)C(=O)NC(C)NC. The van der Waals surface area contributed by atoms with E-state index in [9.17, 15) is 9.59 Å². The third kappa shape index (κ3) is 3.92. The van der Waals surface area contributed by atoms with Crippen molar-refractivity contribution in [1.82, 2.24) is 10.6 Å². The summed E-state index contributed by atoms with van der Waals surface area (Å²) in [5.41, 5.74) is 0. The highest BCUT2D eigenvalue weighted by atomic mass is 16.5. The Morgan fingerprint density at radius 1 is 1.50 bits per heavy atom. The van der Waals surface area contributed by atoms with Crippen LogP contribution >= 0.6 is 0 Å². The van der Waals surface area contributed by atoms with Gasteiger partial charge in [-0.1, -0.05) is 0 Å². The molecule has 0 aliphatic rings. The molecule has 2 N–H and O–H groups in total. The van der Waals surface area contributed by atoms with E-state index >= 15 is 0 Å². The molecule has 0 fully saturated rings. The second-order valence-electron chi connectivity index (χ2n) is 2.20. The topological polar surface area (TPSA) is 67.4 Å². The van der Waals surface area contributed by atoms with Gasteiger partial charge in [0.1, 0.15) is 0 Å². The molecule has 5 nitrogen and oxygen atoms in total. The van der Waals surface area contributed by atoms with Crippen LogP contribution in [0.3, 0.4) is 0 Å². The van der Waals surface area contributed by atoms with Crippen molar-refractivity contribution in [2.45, 2.75) is 20.0 Å².